The Bertz CT molecular complexity index is 433. The number of hydrogen-bond donors (Lipinski definition) is 1. The van der Waals surface area contributed by atoms with E-state index >= 15 is 0 Å². The molecule has 0 aromatic carbocycles. The molecule has 0 saturated heterocycles. The Morgan fingerprint density at radius 2 is 1.86 bits per heavy atom. The minimum atomic E-state index is -0.437. The van der Waals surface area contributed by atoms with Gasteiger partial charge in [-0.3, -0.25) is 0 Å². The zero-order valence-corrected chi connectivity index (χ0v) is 12.3. The normalized spacial score (nSPS) is 19.8. The Hall–Kier alpha value is -2.24. The first-order valence-electron chi connectivity index (χ1n) is 6.87. The van der Waals surface area contributed by atoms with E-state index < -0.39 is 11.9 Å². The lowest BCUT2D eigenvalue weighted by Crippen LogP contribution is -2.52. The molecule has 21 heavy (non-hydrogen) atoms. The number of carbonyl (C=O) groups excluding carboxylic acids is 2. The van der Waals surface area contributed by atoms with Gasteiger partial charge in [-0.2, -0.15) is 0 Å². The maximum absolute atomic E-state index is 11.1. The third-order valence-corrected chi connectivity index (χ3v) is 3.41. The summed E-state index contributed by atoms with van der Waals surface area (Å²) in [6, 6.07) is 0. The Balaban J connectivity index is 2.50. The fourth-order valence-corrected chi connectivity index (χ4v) is 2.18. The van der Waals surface area contributed by atoms with Gasteiger partial charge in [0.2, 0.25) is 0 Å². The SMILES string of the molecule is C=CC(=O)OCCN1C=CNC1(CC)CCOC(=O)C=C. The molecular formula is C15H22N2O4. The molecule has 1 aliphatic heterocycles. The van der Waals surface area contributed by atoms with Gasteiger partial charge < -0.3 is 19.7 Å². The van der Waals surface area contributed by atoms with Crippen molar-refractivity contribution in [3.63, 3.8) is 0 Å². The van der Waals surface area contributed by atoms with Gasteiger partial charge in [0, 0.05) is 31.0 Å². The molecule has 0 aromatic heterocycles. The number of nitrogens with one attached hydrogen (secondary N) is 1. The van der Waals surface area contributed by atoms with Gasteiger partial charge in [-0.1, -0.05) is 20.1 Å². The van der Waals surface area contributed by atoms with Gasteiger partial charge in [0.1, 0.15) is 12.3 Å². The van der Waals surface area contributed by atoms with Gasteiger partial charge in [-0.15, -0.1) is 0 Å². The lowest BCUT2D eigenvalue weighted by molar-refractivity contribution is -0.140. The molecule has 0 amide bonds. The second-order valence-corrected chi connectivity index (χ2v) is 4.53. The second kappa shape index (κ2) is 8.14. The summed E-state index contributed by atoms with van der Waals surface area (Å²) in [4.78, 5) is 24.2. The summed E-state index contributed by atoms with van der Waals surface area (Å²) in [6.45, 7) is 9.85. The van der Waals surface area contributed by atoms with Crippen LogP contribution in [-0.2, 0) is 19.1 Å². The van der Waals surface area contributed by atoms with Gasteiger partial charge >= 0.3 is 11.9 Å². The number of nitrogens with zero attached hydrogens (tertiary/aromatic N) is 1. The fraction of sp³-hybridized carbons (Fsp3) is 0.467. The highest BCUT2D eigenvalue weighted by Gasteiger charge is 2.35. The van der Waals surface area contributed by atoms with Crippen molar-refractivity contribution in [2.75, 3.05) is 19.8 Å². The topological polar surface area (TPSA) is 67.9 Å². The van der Waals surface area contributed by atoms with E-state index in [4.69, 9.17) is 9.47 Å². The fourth-order valence-electron chi connectivity index (χ4n) is 2.18. The van der Waals surface area contributed by atoms with Gasteiger partial charge in [-0.25, -0.2) is 9.59 Å². The summed E-state index contributed by atoms with van der Waals surface area (Å²) in [5.41, 5.74) is -0.331. The van der Waals surface area contributed by atoms with Crippen LogP contribution in [-0.4, -0.2) is 42.3 Å². The maximum Gasteiger partial charge on any atom is 0.330 e. The first-order chi connectivity index (χ1) is 10.1. The molecule has 1 atom stereocenters. The van der Waals surface area contributed by atoms with Crippen LogP contribution in [0.15, 0.2) is 37.7 Å². The number of ether oxygens (including phenoxy) is 2. The largest absolute Gasteiger partial charge is 0.462 e. The van der Waals surface area contributed by atoms with Crippen molar-refractivity contribution >= 4 is 11.9 Å². The smallest absolute Gasteiger partial charge is 0.330 e. The minimum Gasteiger partial charge on any atom is -0.462 e. The number of hydrogen-bond acceptors (Lipinski definition) is 6. The predicted molar refractivity (Wildman–Crippen MR) is 78.9 cm³/mol. The molecule has 0 aliphatic carbocycles. The van der Waals surface area contributed by atoms with Crippen molar-refractivity contribution in [2.24, 2.45) is 0 Å². The highest BCUT2D eigenvalue weighted by molar-refractivity contribution is 5.81. The van der Waals surface area contributed by atoms with Crippen LogP contribution in [0.5, 0.6) is 0 Å². The van der Waals surface area contributed by atoms with Crippen molar-refractivity contribution in [1.29, 1.82) is 0 Å². The molecule has 0 spiro atoms. The third kappa shape index (κ3) is 4.66. The maximum atomic E-state index is 11.1. The zero-order chi connectivity index (χ0) is 15.7. The van der Waals surface area contributed by atoms with Crippen LogP contribution in [0.2, 0.25) is 0 Å². The molecule has 6 nitrogen and oxygen atoms in total. The molecule has 0 radical (unpaired) electrons. The van der Waals surface area contributed by atoms with E-state index in [2.05, 4.69) is 18.5 Å². The summed E-state index contributed by atoms with van der Waals surface area (Å²) in [6.07, 6.45) is 7.45. The van der Waals surface area contributed by atoms with Crippen LogP contribution in [0.4, 0.5) is 0 Å². The summed E-state index contributed by atoms with van der Waals surface area (Å²) >= 11 is 0. The molecule has 0 fully saturated rings. The standard InChI is InChI=1S/C15H22N2O4/c1-4-13(18)20-11-7-15(6-3)16-8-9-17(15)10-12-21-14(19)5-2/h4-5,8-9,16H,1-2,6-7,10-12H2,3H3. The van der Waals surface area contributed by atoms with Crippen molar-refractivity contribution in [1.82, 2.24) is 10.2 Å². The highest BCUT2D eigenvalue weighted by Crippen LogP contribution is 2.25. The number of carbonyl (C=O) groups is 2. The molecule has 1 heterocycles. The van der Waals surface area contributed by atoms with Gasteiger partial charge in [0.15, 0.2) is 0 Å². The van der Waals surface area contributed by atoms with Crippen LogP contribution in [0.3, 0.4) is 0 Å². The molecule has 0 bridgehead atoms. The molecule has 6 heteroatoms. The summed E-state index contributed by atoms with van der Waals surface area (Å²) in [7, 11) is 0. The Morgan fingerprint density at radius 1 is 1.24 bits per heavy atom. The van der Waals surface area contributed by atoms with Crippen LogP contribution in [0.25, 0.3) is 0 Å². The zero-order valence-electron chi connectivity index (χ0n) is 12.3. The molecule has 1 aliphatic rings. The third-order valence-electron chi connectivity index (χ3n) is 3.41. The van der Waals surface area contributed by atoms with Crippen molar-refractivity contribution < 1.29 is 19.1 Å². The molecular weight excluding hydrogens is 272 g/mol. The summed E-state index contributed by atoms with van der Waals surface area (Å²) < 4.78 is 10.0. The Morgan fingerprint density at radius 3 is 2.43 bits per heavy atom. The van der Waals surface area contributed by atoms with E-state index in [1.807, 2.05) is 24.2 Å². The van der Waals surface area contributed by atoms with E-state index in [1.165, 1.54) is 0 Å². The molecule has 116 valence electrons. The summed E-state index contributed by atoms with van der Waals surface area (Å²) in [5.74, 6) is -0.869. The molecule has 1 N–H and O–H groups in total. The molecule has 0 saturated carbocycles. The lowest BCUT2D eigenvalue weighted by Gasteiger charge is -2.39. The first kappa shape index (κ1) is 16.8. The molecule has 1 rings (SSSR count). The predicted octanol–water partition coefficient (Wildman–Crippen LogP) is 1.32. The average molecular weight is 294 g/mol. The summed E-state index contributed by atoms with van der Waals surface area (Å²) in [5, 5.41) is 3.28. The average Bonchev–Trinajstić information content (AvgIpc) is 2.90. The van der Waals surface area contributed by atoms with E-state index in [1.54, 1.807) is 0 Å². The Kier molecular flexibility index (Phi) is 6.52. The highest BCUT2D eigenvalue weighted by atomic mass is 16.5. The quantitative estimate of drug-likeness (QED) is 0.511. The lowest BCUT2D eigenvalue weighted by atomic mass is 10.0. The number of rotatable bonds is 9. The van der Waals surface area contributed by atoms with Gasteiger partial charge in [0.25, 0.3) is 0 Å². The van der Waals surface area contributed by atoms with Crippen LogP contribution >= 0.6 is 0 Å². The van der Waals surface area contributed by atoms with Crippen molar-refractivity contribution in [3.8, 4) is 0 Å². The van der Waals surface area contributed by atoms with E-state index in [-0.39, 0.29) is 18.9 Å². The first-order valence-corrected chi connectivity index (χ1v) is 6.87. The van der Waals surface area contributed by atoms with E-state index in [0.29, 0.717) is 13.0 Å². The minimum absolute atomic E-state index is 0.269. The van der Waals surface area contributed by atoms with E-state index in [0.717, 1.165) is 18.6 Å². The van der Waals surface area contributed by atoms with Crippen molar-refractivity contribution in [2.45, 2.75) is 25.4 Å². The molecule has 0 aromatic rings. The van der Waals surface area contributed by atoms with Crippen molar-refractivity contribution in [3.05, 3.63) is 37.7 Å². The second-order valence-electron chi connectivity index (χ2n) is 4.53. The van der Waals surface area contributed by atoms with Crippen LogP contribution in [0.1, 0.15) is 19.8 Å². The van der Waals surface area contributed by atoms with Gasteiger partial charge in [0.05, 0.1) is 13.2 Å². The Labute approximate surface area is 125 Å². The van der Waals surface area contributed by atoms with Crippen LogP contribution in [0, 0.1) is 0 Å². The molecule has 1 unspecified atom stereocenters. The van der Waals surface area contributed by atoms with E-state index in [9.17, 15) is 9.59 Å². The van der Waals surface area contributed by atoms with Crippen LogP contribution < -0.4 is 5.32 Å². The number of esters is 2. The monoisotopic (exact) mass is 294 g/mol. The van der Waals surface area contributed by atoms with Gasteiger partial charge in [-0.05, 0) is 6.42 Å².